The Balaban J connectivity index is 1.79. The number of para-hydroxylation sites is 1. The number of carbonyl (C=O) groups excluding carboxylic acids is 1. The molecule has 0 atom stereocenters. The SMILES string of the molecule is Cc1cc(S(=O)(=O)Nc2ccccc2)ccc1NC(=O)c1ccc(Cl)cc1. The second-order valence-electron chi connectivity index (χ2n) is 5.91. The van der Waals surface area contributed by atoms with Crippen LogP contribution in [0.3, 0.4) is 0 Å². The monoisotopic (exact) mass is 400 g/mol. The molecule has 0 aliphatic rings. The zero-order valence-electron chi connectivity index (χ0n) is 14.4. The fraction of sp³-hybridized carbons (Fsp3) is 0.0500. The van der Waals surface area contributed by atoms with Gasteiger partial charge in [0.25, 0.3) is 15.9 Å². The summed E-state index contributed by atoms with van der Waals surface area (Å²) in [4.78, 5) is 12.4. The lowest BCUT2D eigenvalue weighted by Gasteiger charge is -2.12. The van der Waals surface area contributed by atoms with Gasteiger partial charge in [0.05, 0.1) is 4.90 Å². The minimum absolute atomic E-state index is 0.119. The van der Waals surface area contributed by atoms with Gasteiger partial charge in [-0.3, -0.25) is 9.52 Å². The topological polar surface area (TPSA) is 75.3 Å². The highest BCUT2D eigenvalue weighted by Crippen LogP contribution is 2.22. The molecule has 0 aliphatic carbocycles. The molecule has 2 N–H and O–H groups in total. The Hall–Kier alpha value is -2.83. The Morgan fingerprint density at radius 1 is 0.926 bits per heavy atom. The third-order valence-electron chi connectivity index (χ3n) is 3.89. The van der Waals surface area contributed by atoms with Crippen LogP contribution in [0.2, 0.25) is 5.02 Å². The van der Waals surface area contributed by atoms with Gasteiger partial charge in [0.15, 0.2) is 0 Å². The van der Waals surface area contributed by atoms with Gasteiger partial charge in [-0.15, -0.1) is 0 Å². The number of hydrogen-bond acceptors (Lipinski definition) is 3. The molecule has 0 bridgehead atoms. The summed E-state index contributed by atoms with van der Waals surface area (Å²) in [6.45, 7) is 1.74. The molecule has 3 aromatic carbocycles. The summed E-state index contributed by atoms with van der Waals surface area (Å²) in [5.41, 5.74) is 2.11. The van der Waals surface area contributed by atoms with Gasteiger partial charge in [0.2, 0.25) is 0 Å². The zero-order valence-corrected chi connectivity index (χ0v) is 16.0. The fourth-order valence-electron chi connectivity index (χ4n) is 2.46. The quantitative estimate of drug-likeness (QED) is 0.651. The highest BCUT2D eigenvalue weighted by atomic mass is 35.5. The largest absolute Gasteiger partial charge is 0.322 e. The Kier molecular flexibility index (Phi) is 5.48. The minimum atomic E-state index is -3.72. The molecule has 0 radical (unpaired) electrons. The highest BCUT2D eigenvalue weighted by molar-refractivity contribution is 7.92. The molecule has 0 aromatic heterocycles. The molecule has 3 aromatic rings. The number of carbonyl (C=O) groups is 1. The maximum absolute atomic E-state index is 12.5. The fourth-order valence-corrected chi connectivity index (χ4v) is 3.73. The number of hydrogen-bond donors (Lipinski definition) is 2. The van der Waals surface area contributed by atoms with Crippen LogP contribution in [-0.4, -0.2) is 14.3 Å². The Morgan fingerprint density at radius 2 is 1.59 bits per heavy atom. The van der Waals surface area contributed by atoms with Crippen LogP contribution >= 0.6 is 11.6 Å². The number of halogens is 1. The highest BCUT2D eigenvalue weighted by Gasteiger charge is 2.16. The third kappa shape index (κ3) is 4.67. The van der Waals surface area contributed by atoms with Crippen molar-refractivity contribution in [1.29, 1.82) is 0 Å². The predicted molar refractivity (Wildman–Crippen MR) is 108 cm³/mol. The number of rotatable bonds is 5. The van der Waals surface area contributed by atoms with Crippen molar-refractivity contribution in [3.63, 3.8) is 0 Å². The van der Waals surface area contributed by atoms with Crippen LogP contribution in [0.5, 0.6) is 0 Å². The van der Waals surface area contributed by atoms with E-state index in [9.17, 15) is 13.2 Å². The maximum atomic E-state index is 12.5. The number of aryl methyl sites for hydroxylation is 1. The van der Waals surface area contributed by atoms with Gasteiger partial charge >= 0.3 is 0 Å². The molecule has 0 spiro atoms. The zero-order chi connectivity index (χ0) is 19.4. The molecular formula is C20H17ClN2O3S. The number of amides is 1. The summed E-state index contributed by atoms with van der Waals surface area (Å²) in [5, 5.41) is 3.32. The van der Waals surface area contributed by atoms with Crippen LogP contribution in [0.4, 0.5) is 11.4 Å². The van der Waals surface area contributed by atoms with Crippen LogP contribution in [0.15, 0.2) is 77.7 Å². The Labute approximate surface area is 163 Å². The molecule has 0 heterocycles. The first kappa shape index (κ1) is 18.9. The average Bonchev–Trinajstić information content (AvgIpc) is 2.64. The van der Waals surface area contributed by atoms with E-state index in [4.69, 9.17) is 11.6 Å². The lowest BCUT2D eigenvalue weighted by molar-refractivity contribution is 0.102. The van der Waals surface area contributed by atoms with Crippen molar-refractivity contribution in [2.75, 3.05) is 10.0 Å². The predicted octanol–water partition coefficient (Wildman–Crippen LogP) is 4.70. The summed E-state index contributed by atoms with van der Waals surface area (Å²) >= 11 is 5.83. The second kappa shape index (κ2) is 7.82. The number of sulfonamides is 1. The van der Waals surface area contributed by atoms with Crippen LogP contribution in [0.1, 0.15) is 15.9 Å². The first-order chi connectivity index (χ1) is 12.8. The molecule has 1 amide bonds. The van der Waals surface area contributed by atoms with Gasteiger partial charge in [-0.25, -0.2) is 8.42 Å². The van der Waals surface area contributed by atoms with Crippen molar-refractivity contribution in [2.45, 2.75) is 11.8 Å². The van der Waals surface area contributed by atoms with Gasteiger partial charge in [0, 0.05) is 22.0 Å². The van der Waals surface area contributed by atoms with E-state index in [0.29, 0.717) is 27.5 Å². The number of anilines is 2. The van der Waals surface area contributed by atoms with Crippen molar-refractivity contribution >= 4 is 38.9 Å². The van der Waals surface area contributed by atoms with Gasteiger partial charge in [0.1, 0.15) is 0 Å². The summed E-state index contributed by atoms with van der Waals surface area (Å²) in [5.74, 6) is -0.298. The van der Waals surface area contributed by atoms with E-state index in [1.807, 2.05) is 0 Å². The smallest absolute Gasteiger partial charge is 0.261 e. The molecule has 0 aliphatic heterocycles. The van der Waals surface area contributed by atoms with E-state index in [1.165, 1.54) is 12.1 Å². The number of nitrogens with one attached hydrogen (secondary N) is 2. The minimum Gasteiger partial charge on any atom is -0.322 e. The van der Waals surface area contributed by atoms with Gasteiger partial charge < -0.3 is 5.32 Å². The van der Waals surface area contributed by atoms with E-state index in [2.05, 4.69) is 10.0 Å². The van der Waals surface area contributed by atoms with E-state index in [0.717, 1.165) is 0 Å². The Morgan fingerprint density at radius 3 is 2.22 bits per heavy atom. The van der Waals surface area contributed by atoms with Crippen LogP contribution < -0.4 is 10.0 Å². The van der Waals surface area contributed by atoms with Crippen LogP contribution in [0.25, 0.3) is 0 Å². The van der Waals surface area contributed by atoms with Gasteiger partial charge in [-0.05, 0) is 67.1 Å². The normalized spacial score (nSPS) is 11.0. The number of benzene rings is 3. The summed E-state index contributed by atoms with van der Waals surface area (Å²) < 4.78 is 27.6. The molecule has 7 heteroatoms. The lowest BCUT2D eigenvalue weighted by atomic mass is 10.1. The molecular weight excluding hydrogens is 384 g/mol. The van der Waals surface area contributed by atoms with Crippen LogP contribution in [0, 0.1) is 6.92 Å². The summed E-state index contributed by atoms with van der Waals surface area (Å²) in [7, 11) is -3.72. The molecule has 138 valence electrons. The van der Waals surface area contributed by atoms with Crippen molar-refractivity contribution < 1.29 is 13.2 Å². The molecule has 0 fully saturated rings. The average molecular weight is 401 g/mol. The first-order valence-electron chi connectivity index (χ1n) is 8.10. The van der Waals surface area contributed by atoms with E-state index >= 15 is 0 Å². The molecule has 0 unspecified atom stereocenters. The van der Waals surface area contributed by atoms with E-state index in [-0.39, 0.29) is 10.8 Å². The molecule has 0 saturated carbocycles. The second-order valence-corrected chi connectivity index (χ2v) is 8.03. The summed E-state index contributed by atoms with van der Waals surface area (Å²) in [6.07, 6.45) is 0. The molecule has 27 heavy (non-hydrogen) atoms. The van der Waals surface area contributed by atoms with Crippen molar-refractivity contribution in [3.05, 3.63) is 88.9 Å². The van der Waals surface area contributed by atoms with E-state index < -0.39 is 10.0 Å². The Bertz CT molecular complexity index is 1070. The molecule has 3 rings (SSSR count). The van der Waals surface area contributed by atoms with Crippen LogP contribution in [-0.2, 0) is 10.0 Å². The molecule has 5 nitrogen and oxygen atoms in total. The summed E-state index contributed by atoms with van der Waals surface area (Å²) in [6, 6.07) is 19.7. The third-order valence-corrected chi connectivity index (χ3v) is 5.52. The van der Waals surface area contributed by atoms with E-state index in [1.54, 1.807) is 67.6 Å². The lowest BCUT2D eigenvalue weighted by Crippen LogP contribution is -2.15. The van der Waals surface area contributed by atoms with Crippen molar-refractivity contribution in [2.24, 2.45) is 0 Å². The van der Waals surface area contributed by atoms with Crippen molar-refractivity contribution in [1.82, 2.24) is 0 Å². The maximum Gasteiger partial charge on any atom is 0.261 e. The van der Waals surface area contributed by atoms with Gasteiger partial charge in [-0.2, -0.15) is 0 Å². The van der Waals surface area contributed by atoms with Crippen molar-refractivity contribution in [3.8, 4) is 0 Å². The molecule has 0 saturated heterocycles. The first-order valence-corrected chi connectivity index (χ1v) is 9.97. The standard InChI is InChI=1S/C20H17ClN2O3S/c1-14-13-18(27(25,26)23-17-5-3-2-4-6-17)11-12-19(14)22-20(24)15-7-9-16(21)10-8-15/h2-13,23H,1H3,(H,22,24). The van der Waals surface area contributed by atoms with Gasteiger partial charge in [-0.1, -0.05) is 29.8 Å².